The number of aromatic nitrogens is 3. The largest absolute Gasteiger partial charge is 0.392 e. The molecular weight excluding hydrogens is 477 g/mol. The van der Waals surface area contributed by atoms with E-state index in [0.717, 1.165) is 19.1 Å². The van der Waals surface area contributed by atoms with Gasteiger partial charge in [0.2, 0.25) is 5.91 Å². The van der Waals surface area contributed by atoms with E-state index >= 15 is 0 Å². The van der Waals surface area contributed by atoms with E-state index in [1.165, 1.54) is 22.8 Å². The zero-order valence-corrected chi connectivity index (χ0v) is 19.9. The number of hydrogen-bond donors (Lipinski definition) is 3. The van der Waals surface area contributed by atoms with Crippen molar-refractivity contribution in [2.45, 2.75) is 55.2 Å². The Bertz CT molecular complexity index is 1430. The van der Waals surface area contributed by atoms with Gasteiger partial charge in [-0.05, 0) is 37.3 Å². The van der Waals surface area contributed by atoms with Crippen molar-refractivity contribution in [1.29, 1.82) is 0 Å². The van der Waals surface area contributed by atoms with E-state index in [1.807, 2.05) is 0 Å². The maximum atomic E-state index is 14.4. The van der Waals surface area contributed by atoms with Crippen molar-refractivity contribution >= 4 is 27.2 Å². The van der Waals surface area contributed by atoms with Gasteiger partial charge in [0.25, 0.3) is 0 Å². The molecule has 12 heteroatoms. The van der Waals surface area contributed by atoms with Crippen LogP contribution in [0.5, 0.6) is 0 Å². The first-order chi connectivity index (χ1) is 16.6. The zero-order chi connectivity index (χ0) is 25.1. The molecular formula is C23H26FN5O5S. The Hall–Kier alpha value is -3.09. The van der Waals surface area contributed by atoms with Gasteiger partial charge < -0.3 is 20.8 Å². The van der Waals surface area contributed by atoms with Crippen LogP contribution in [0.3, 0.4) is 0 Å². The Morgan fingerprint density at radius 1 is 1.23 bits per heavy atom. The van der Waals surface area contributed by atoms with Crippen LogP contribution >= 0.6 is 0 Å². The van der Waals surface area contributed by atoms with Crippen molar-refractivity contribution < 1.29 is 27.8 Å². The molecule has 2 saturated heterocycles. The van der Waals surface area contributed by atoms with E-state index in [2.05, 4.69) is 5.10 Å². The molecule has 10 nitrogen and oxygen atoms in total. The van der Waals surface area contributed by atoms with Crippen molar-refractivity contribution in [3.63, 3.8) is 0 Å². The van der Waals surface area contributed by atoms with Gasteiger partial charge in [-0.1, -0.05) is 12.1 Å². The first-order valence-corrected chi connectivity index (χ1v) is 13.2. The van der Waals surface area contributed by atoms with E-state index in [1.54, 1.807) is 11.0 Å². The van der Waals surface area contributed by atoms with Crippen LogP contribution in [-0.4, -0.2) is 69.0 Å². The number of amides is 1. The molecule has 186 valence electrons. The van der Waals surface area contributed by atoms with Crippen molar-refractivity contribution in [3.8, 4) is 11.1 Å². The number of anilines is 1. The minimum Gasteiger partial charge on any atom is -0.392 e. The molecule has 1 aromatic carbocycles. The molecule has 2 fully saturated rings. The normalized spacial score (nSPS) is 22.2. The molecule has 1 amide bonds. The lowest BCUT2D eigenvalue weighted by molar-refractivity contribution is -0.138. The van der Waals surface area contributed by atoms with Crippen LogP contribution in [-0.2, 0) is 21.2 Å². The molecule has 2 aliphatic heterocycles. The fraction of sp³-hybridized carbons (Fsp3) is 0.435. The molecule has 35 heavy (non-hydrogen) atoms. The molecule has 1 unspecified atom stereocenters. The summed E-state index contributed by atoms with van der Waals surface area (Å²) in [5.41, 5.74) is 8.03. The number of carbonyl (C=O) groups is 1. The Balaban J connectivity index is 1.65. The Kier molecular flexibility index (Phi) is 5.77. The number of piperidine rings is 1. The molecule has 3 atom stereocenters. The summed E-state index contributed by atoms with van der Waals surface area (Å²) in [6, 6.07) is 4.13. The van der Waals surface area contributed by atoms with Crippen molar-refractivity contribution in [2.75, 3.05) is 18.6 Å². The Labute approximate surface area is 201 Å². The van der Waals surface area contributed by atoms with E-state index in [-0.39, 0.29) is 40.2 Å². The lowest BCUT2D eigenvalue weighted by Crippen LogP contribution is -2.47. The SMILES string of the molecule is CS(=O)(=O)c1c(C2C[C@H]3CC[C@@H](C2)N3C(=O)CO)nc2c(-c3ccc(CO)c(F)c3)cnn2c1N. The highest BCUT2D eigenvalue weighted by atomic mass is 32.2. The van der Waals surface area contributed by atoms with Gasteiger partial charge in [0.1, 0.15) is 23.1 Å². The number of nitrogen functional groups attached to an aromatic ring is 1. The molecule has 3 aromatic rings. The summed E-state index contributed by atoms with van der Waals surface area (Å²) in [5.74, 6) is -1.26. The van der Waals surface area contributed by atoms with Crippen molar-refractivity contribution in [1.82, 2.24) is 19.5 Å². The number of aliphatic hydroxyl groups excluding tert-OH is 2. The number of fused-ring (bicyclic) bond motifs is 3. The average Bonchev–Trinajstić information content (AvgIpc) is 3.35. The smallest absolute Gasteiger partial charge is 0.248 e. The molecule has 0 saturated carbocycles. The third-order valence-electron chi connectivity index (χ3n) is 7.11. The number of carbonyl (C=O) groups excluding carboxylic acids is 1. The molecule has 2 aliphatic rings. The molecule has 4 heterocycles. The number of halogens is 1. The minimum absolute atomic E-state index is 0.0765. The lowest BCUT2D eigenvalue weighted by Gasteiger charge is -2.39. The van der Waals surface area contributed by atoms with Crippen molar-refractivity contribution in [3.05, 3.63) is 41.5 Å². The van der Waals surface area contributed by atoms with Gasteiger partial charge in [-0.15, -0.1) is 0 Å². The minimum atomic E-state index is -3.78. The first-order valence-electron chi connectivity index (χ1n) is 11.3. The van der Waals surface area contributed by atoms with Crippen LogP contribution in [0.25, 0.3) is 16.8 Å². The van der Waals surface area contributed by atoms with Crippen LogP contribution in [0, 0.1) is 5.82 Å². The topological polar surface area (TPSA) is 151 Å². The third-order valence-corrected chi connectivity index (χ3v) is 8.27. The molecule has 5 rings (SSSR count). The molecule has 2 bridgehead atoms. The second-order valence-electron chi connectivity index (χ2n) is 9.25. The molecule has 4 N–H and O–H groups in total. The Morgan fingerprint density at radius 3 is 2.49 bits per heavy atom. The maximum Gasteiger partial charge on any atom is 0.248 e. The van der Waals surface area contributed by atoms with Gasteiger partial charge in [0.15, 0.2) is 15.5 Å². The third kappa shape index (κ3) is 3.85. The van der Waals surface area contributed by atoms with Crippen molar-refractivity contribution in [2.24, 2.45) is 0 Å². The molecule has 0 radical (unpaired) electrons. The van der Waals surface area contributed by atoms with E-state index < -0.39 is 28.9 Å². The van der Waals surface area contributed by atoms with Gasteiger partial charge in [-0.25, -0.2) is 17.8 Å². The highest BCUT2D eigenvalue weighted by Gasteiger charge is 2.45. The fourth-order valence-corrected chi connectivity index (χ4v) is 6.67. The first kappa shape index (κ1) is 23.6. The predicted molar refractivity (Wildman–Crippen MR) is 125 cm³/mol. The number of rotatable bonds is 5. The summed E-state index contributed by atoms with van der Waals surface area (Å²) in [7, 11) is -3.78. The lowest BCUT2D eigenvalue weighted by atomic mass is 9.87. The molecule has 0 aliphatic carbocycles. The van der Waals surface area contributed by atoms with E-state index in [9.17, 15) is 27.8 Å². The fourth-order valence-electron chi connectivity index (χ4n) is 5.61. The number of aliphatic hydroxyl groups is 2. The Morgan fingerprint density at radius 2 is 1.91 bits per heavy atom. The highest BCUT2D eigenvalue weighted by molar-refractivity contribution is 7.91. The van der Waals surface area contributed by atoms with Crippen LogP contribution < -0.4 is 5.73 Å². The second kappa shape index (κ2) is 8.54. The maximum absolute atomic E-state index is 14.4. The predicted octanol–water partition coefficient (Wildman–Crippen LogP) is 1.24. The number of nitrogens with zero attached hydrogens (tertiary/aromatic N) is 4. The monoisotopic (exact) mass is 503 g/mol. The van der Waals surface area contributed by atoms with E-state index in [4.69, 9.17) is 10.7 Å². The highest BCUT2D eigenvalue weighted by Crippen LogP contribution is 2.45. The number of benzene rings is 1. The number of sulfone groups is 1. The second-order valence-corrected chi connectivity index (χ2v) is 11.2. The zero-order valence-electron chi connectivity index (χ0n) is 19.1. The standard InChI is InChI=1S/C23H26FN5O5S/c1-35(33,34)21-20(14-6-15-4-5-16(7-14)28(15)19(32)11-31)27-23-17(9-26-29(23)22(21)25)12-2-3-13(10-30)18(24)8-12/h2-3,8-9,14-16,30-31H,4-7,10-11,25H2,1H3/t14?,15-,16+. The van der Waals surface area contributed by atoms with E-state index in [0.29, 0.717) is 35.3 Å². The van der Waals surface area contributed by atoms with Crippen LogP contribution in [0.15, 0.2) is 29.3 Å². The van der Waals surface area contributed by atoms with Crippen LogP contribution in [0.1, 0.15) is 42.9 Å². The summed E-state index contributed by atoms with van der Waals surface area (Å²) < 4.78 is 41.3. The summed E-state index contributed by atoms with van der Waals surface area (Å²) in [4.78, 5) is 18.6. The van der Waals surface area contributed by atoms with Crippen LogP contribution in [0.4, 0.5) is 10.2 Å². The molecule has 0 spiro atoms. The summed E-state index contributed by atoms with van der Waals surface area (Å²) >= 11 is 0. The average molecular weight is 504 g/mol. The quantitative estimate of drug-likeness (QED) is 0.471. The van der Waals surface area contributed by atoms with Gasteiger partial charge in [0.05, 0.1) is 18.5 Å². The van der Waals surface area contributed by atoms with Gasteiger partial charge in [-0.3, -0.25) is 4.79 Å². The molecule has 2 aromatic heterocycles. The van der Waals surface area contributed by atoms with Crippen LogP contribution in [0.2, 0.25) is 0 Å². The number of nitrogens with two attached hydrogens (primary N) is 1. The summed E-state index contributed by atoms with van der Waals surface area (Å²) in [6.07, 6.45) is 5.06. The van der Waals surface area contributed by atoms with Gasteiger partial charge in [0, 0.05) is 35.4 Å². The summed E-state index contributed by atoms with van der Waals surface area (Å²) in [6.45, 7) is -0.998. The van der Waals surface area contributed by atoms with Gasteiger partial charge in [-0.2, -0.15) is 9.61 Å². The van der Waals surface area contributed by atoms with Gasteiger partial charge >= 0.3 is 0 Å². The summed E-state index contributed by atoms with van der Waals surface area (Å²) in [5, 5.41) is 22.9. The number of hydrogen-bond acceptors (Lipinski definition) is 8.